The number of hydrogen-bond acceptors (Lipinski definition) is 0. The molecule has 1 aromatic rings. The molecule has 0 N–H and O–H groups in total. The van der Waals surface area contributed by atoms with Crippen LogP contribution < -0.4 is 0 Å². The van der Waals surface area contributed by atoms with Gasteiger partial charge in [-0.2, -0.15) is 29.8 Å². The molecule has 0 aliphatic carbocycles. The molecule has 0 saturated carbocycles. The minimum atomic E-state index is -2.13. The maximum atomic E-state index is 5.00. The molecular formula is C13H23Cl3PZr-2. The molecule has 0 radical (unpaired) electrons. The summed E-state index contributed by atoms with van der Waals surface area (Å²) in [6, 6.07) is 10.0. The van der Waals surface area contributed by atoms with Crippen LogP contribution in [0.5, 0.6) is 0 Å². The monoisotopic (exact) mass is 405 g/mol. The molecule has 0 amide bonds. The third-order valence-electron chi connectivity index (χ3n) is 1.62. The van der Waals surface area contributed by atoms with Crippen molar-refractivity contribution < 1.29 is 18.2 Å². The first-order chi connectivity index (χ1) is 8.15. The van der Waals surface area contributed by atoms with Gasteiger partial charge in [0, 0.05) is 0 Å². The van der Waals surface area contributed by atoms with Crippen molar-refractivity contribution in [2.24, 2.45) is 5.41 Å². The standard InChI is InChI=1S/C8H18P.C5H5.3ClH.Zr/c1-8(2,3)6-7-9(4)5;1-2-4-5-3-1;;;;/h6H,7H2,1-5H3;1-5H;3*1H;/q2*-1;;;;+3/p-3. The van der Waals surface area contributed by atoms with Crippen LogP contribution in [0.15, 0.2) is 30.3 Å². The molecule has 18 heavy (non-hydrogen) atoms. The molecule has 0 aliphatic heterocycles. The van der Waals surface area contributed by atoms with Gasteiger partial charge >= 0.3 is 43.7 Å². The zero-order valence-electron chi connectivity index (χ0n) is 11.8. The fraction of sp³-hybridized carbons (Fsp3) is 0.538. The first-order valence-corrected chi connectivity index (χ1v) is 17.6. The molecule has 107 valence electrons. The van der Waals surface area contributed by atoms with Crippen LogP contribution in [0, 0.1) is 11.8 Å². The summed E-state index contributed by atoms with van der Waals surface area (Å²) < 4.78 is 0. The average molecular weight is 408 g/mol. The van der Waals surface area contributed by atoms with Gasteiger partial charge in [-0.25, -0.2) is 12.1 Å². The van der Waals surface area contributed by atoms with Crippen LogP contribution in [0.4, 0.5) is 0 Å². The van der Waals surface area contributed by atoms with E-state index in [1.807, 2.05) is 30.3 Å². The van der Waals surface area contributed by atoms with Crippen molar-refractivity contribution in [2.45, 2.75) is 20.8 Å². The van der Waals surface area contributed by atoms with Gasteiger partial charge in [-0.05, 0) is 13.3 Å². The predicted molar refractivity (Wildman–Crippen MR) is 87.0 cm³/mol. The van der Waals surface area contributed by atoms with Crippen molar-refractivity contribution in [3.8, 4) is 0 Å². The molecule has 0 heterocycles. The van der Waals surface area contributed by atoms with Crippen molar-refractivity contribution in [3.63, 3.8) is 0 Å². The van der Waals surface area contributed by atoms with Crippen LogP contribution in [-0.4, -0.2) is 19.5 Å². The number of hydrogen-bond donors (Lipinski definition) is 0. The molecule has 0 bridgehead atoms. The van der Waals surface area contributed by atoms with Crippen LogP contribution >= 0.6 is 33.5 Å². The second-order valence-electron chi connectivity index (χ2n) is 5.01. The van der Waals surface area contributed by atoms with Crippen molar-refractivity contribution in [3.05, 3.63) is 36.8 Å². The van der Waals surface area contributed by atoms with E-state index in [4.69, 9.17) is 25.5 Å². The summed E-state index contributed by atoms with van der Waals surface area (Å²) in [5, 5.41) is 0. The van der Waals surface area contributed by atoms with Crippen LogP contribution in [0.1, 0.15) is 20.8 Å². The van der Waals surface area contributed by atoms with E-state index in [2.05, 4.69) is 40.5 Å². The Balaban J connectivity index is 0. The Labute approximate surface area is 133 Å². The maximum absolute atomic E-state index is 5.00. The van der Waals surface area contributed by atoms with E-state index >= 15 is 0 Å². The molecule has 0 aromatic heterocycles. The van der Waals surface area contributed by atoms with E-state index in [0.29, 0.717) is 5.41 Å². The molecule has 0 unspecified atom stereocenters. The molecule has 1 rings (SSSR count). The van der Waals surface area contributed by atoms with Crippen LogP contribution in [-0.2, 0) is 18.2 Å². The Morgan fingerprint density at radius 1 is 1.11 bits per heavy atom. The summed E-state index contributed by atoms with van der Waals surface area (Å²) >= 11 is -2.13. The maximum Gasteiger partial charge on any atom is -0.172 e. The summed E-state index contributed by atoms with van der Waals surface area (Å²) in [5.74, 6) is 0. The van der Waals surface area contributed by atoms with Gasteiger partial charge in [-0.3, -0.25) is 0 Å². The fourth-order valence-corrected chi connectivity index (χ4v) is 1.69. The summed E-state index contributed by atoms with van der Waals surface area (Å²) in [6.07, 6.45) is 3.72. The van der Waals surface area contributed by atoms with Crippen molar-refractivity contribution in [1.29, 1.82) is 0 Å². The van der Waals surface area contributed by atoms with Crippen LogP contribution in [0.3, 0.4) is 0 Å². The summed E-state index contributed by atoms with van der Waals surface area (Å²) in [4.78, 5) is 0. The zero-order chi connectivity index (χ0) is 14.6. The third kappa shape index (κ3) is 30.5. The second-order valence-corrected chi connectivity index (χ2v) is 18.7. The first-order valence-electron chi connectivity index (χ1n) is 5.64. The summed E-state index contributed by atoms with van der Waals surface area (Å²) in [6.45, 7) is 11.4. The number of rotatable bonds is 2. The third-order valence-corrected chi connectivity index (χ3v) is 2.54. The quantitative estimate of drug-likeness (QED) is 0.390. The van der Waals surface area contributed by atoms with E-state index in [1.165, 1.54) is 6.16 Å². The van der Waals surface area contributed by atoms with Crippen molar-refractivity contribution >= 4 is 33.5 Å². The van der Waals surface area contributed by atoms with Gasteiger partial charge in [0.2, 0.25) is 0 Å². The first kappa shape index (κ1) is 21.8. The van der Waals surface area contributed by atoms with Crippen LogP contribution in [0.2, 0.25) is 0 Å². The Hall–Kier alpha value is 1.53. The van der Waals surface area contributed by atoms with Gasteiger partial charge in [0.05, 0.1) is 0 Å². The van der Waals surface area contributed by atoms with Crippen LogP contribution in [0.25, 0.3) is 0 Å². The topological polar surface area (TPSA) is 0 Å². The summed E-state index contributed by atoms with van der Waals surface area (Å²) in [5.41, 5.74) is 0.423. The molecule has 5 heteroatoms. The van der Waals surface area contributed by atoms with Gasteiger partial charge in [-0.15, -0.1) is 7.92 Å². The number of halogens is 3. The Bertz CT molecular complexity index is 223. The van der Waals surface area contributed by atoms with E-state index in [-0.39, 0.29) is 7.92 Å². The molecule has 1 aromatic carbocycles. The van der Waals surface area contributed by atoms with Gasteiger partial charge < -0.3 is 6.42 Å². The van der Waals surface area contributed by atoms with Gasteiger partial charge in [0.25, 0.3) is 0 Å². The largest absolute Gasteiger partial charge is 0.214 e. The normalized spacial score (nSPS) is 10.1. The Morgan fingerprint density at radius 3 is 1.61 bits per heavy atom. The Kier molecular flexibility index (Phi) is 16.4. The Morgan fingerprint density at radius 2 is 1.50 bits per heavy atom. The second kappa shape index (κ2) is 13.5. The molecule has 0 aliphatic rings. The van der Waals surface area contributed by atoms with Gasteiger partial charge in [0.1, 0.15) is 0 Å². The van der Waals surface area contributed by atoms with Crippen molar-refractivity contribution in [1.82, 2.24) is 0 Å². The summed E-state index contributed by atoms with van der Waals surface area (Å²) in [7, 11) is 15.3. The van der Waals surface area contributed by atoms with E-state index in [0.717, 1.165) is 0 Å². The SMILES string of the molecule is CP(C)C[CH-]C(C)(C)C.[Cl][Zr]([Cl])[Cl].c1cc[cH-]c1. The smallest absolute Gasteiger partial charge is 0.172 e. The molecule has 0 atom stereocenters. The van der Waals surface area contributed by atoms with E-state index in [1.54, 1.807) is 0 Å². The fourth-order valence-electron chi connectivity index (χ4n) is 0.777. The molecule has 0 saturated heterocycles. The zero-order valence-corrected chi connectivity index (χ0v) is 17.4. The minimum Gasteiger partial charge on any atom is -0.214 e. The molecule has 0 spiro atoms. The predicted octanol–water partition coefficient (Wildman–Crippen LogP) is 6.45. The van der Waals surface area contributed by atoms with Gasteiger partial charge in [0.15, 0.2) is 0 Å². The molecule has 0 fully saturated rings. The van der Waals surface area contributed by atoms with Gasteiger partial charge in [-0.1, -0.05) is 20.8 Å². The average Bonchev–Trinajstić information content (AvgIpc) is 2.70. The van der Waals surface area contributed by atoms with Crippen molar-refractivity contribution in [2.75, 3.05) is 19.5 Å². The molecule has 0 nitrogen and oxygen atoms in total. The van der Waals surface area contributed by atoms with E-state index < -0.39 is 18.2 Å². The molecular weight excluding hydrogens is 385 g/mol. The minimum absolute atomic E-state index is 0.280. The van der Waals surface area contributed by atoms with E-state index in [9.17, 15) is 0 Å².